The number of carbonyl (C=O) groups excluding carboxylic acids is 1. The maximum atomic E-state index is 12.2. The molecule has 0 aliphatic heterocycles. The van der Waals surface area contributed by atoms with Gasteiger partial charge in [0.05, 0.1) is 5.92 Å². The zero-order chi connectivity index (χ0) is 13.5. The Balaban J connectivity index is 2.64. The molecule has 0 heterocycles. The van der Waals surface area contributed by atoms with Crippen molar-refractivity contribution in [1.82, 2.24) is 10.2 Å². The SMILES string of the molecule is CCC(CNC)C(=O)N(C)Cc1cccc(C)c1. The van der Waals surface area contributed by atoms with E-state index < -0.39 is 0 Å². The summed E-state index contributed by atoms with van der Waals surface area (Å²) in [5.41, 5.74) is 2.42. The molecule has 3 heteroatoms. The normalized spacial score (nSPS) is 12.2. The smallest absolute Gasteiger partial charge is 0.226 e. The maximum Gasteiger partial charge on any atom is 0.226 e. The molecule has 1 N–H and O–H groups in total. The molecule has 100 valence electrons. The Labute approximate surface area is 110 Å². The lowest BCUT2D eigenvalue weighted by atomic mass is 10.0. The summed E-state index contributed by atoms with van der Waals surface area (Å²) < 4.78 is 0. The molecule has 0 aromatic heterocycles. The van der Waals surface area contributed by atoms with Crippen LogP contribution in [0.5, 0.6) is 0 Å². The van der Waals surface area contributed by atoms with Gasteiger partial charge in [0.2, 0.25) is 5.91 Å². The Kier molecular flexibility index (Phi) is 5.86. The fourth-order valence-electron chi connectivity index (χ4n) is 2.13. The van der Waals surface area contributed by atoms with Gasteiger partial charge in [-0.05, 0) is 26.0 Å². The molecule has 18 heavy (non-hydrogen) atoms. The number of aryl methyl sites for hydroxylation is 1. The van der Waals surface area contributed by atoms with Gasteiger partial charge >= 0.3 is 0 Å². The topological polar surface area (TPSA) is 32.3 Å². The van der Waals surface area contributed by atoms with E-state index in [9.17, 15) is 4.79 Å². The van der Waals surface area contributed by atoms with Gasteiger partial charge in [-0.1, -0.05) is 36.8 Å². The molecule has 0 saturated carbocycles. The van der Waals surface area contributed by atoms with Crippen LogP contribution in [0.2, 0.25) is 0 Å². The van der Waals surface area contributed by atoms with Crippen molar-refractivity contribution in [3.8, 4) is 0 Å². The Morgan fingerprint density at radius 2 is 2.17 bits per heavy atom. The van der Waals surface area contributed by atoms with Crippen molar-refractivity contribution in [2.45, 2.75) is 26.8 Å². The van der Waals surface area contributed by atoms with E-state index in [0.717, 1.165) is 13.0 Å². The van der Waals surface area contributed by atoms with Crippen LogP contribution in [0.4, 0.5) is 0 Å². The molecule has 0 aliphatic rings. The third kappa shape index (κ3) is 4.15. The fourth-order valence-corrected chi connectivity index (χ4v) is 2.13. The van der Waals surface area contributed by atoms with Gasteiger partial charge in [0.1, 0.15) is 0 Å². The maximum absolute atomic E-state index is 12.2. The summed E-state index contributed by atoms with van der Waals surface area (Å²) in [5, 5.41) is 3.08. The van der Waals surface area contributed by atoms with E-state index >= 15 is 0 Å². The first kappa shape index (κ1) is 14.7. The Morgan fingerprint density at radius 1 is 1.44 bits per heavy atom. The van der Waals surface area contributed by atoms with Crippen LogP contribution in [0, 0.1) is 12.8 Å². The summed E-state index contributed by atoms with van der Waals surface area (Å²) in [5.74, 6) is 0.290. The quantitative estimate of drug-likeness (QED) is 0.837. The van der Waals surface area contributed by atoms with Gasteiger partial charge in [0, 0.05) is 20.1 Å². The van der Waals surface area contributed by atoms with Gasteiger partial charge in [-0.25, -0.2) is 0 Å². The number of hydrogen-bond acceptors (Lipinski definition) is 2. The predicted molar refractivity (Wildman–Crippen MR) is 75.4 cm³/mol. The Morgan fingerprint density at radius 3 is 2.72 bits per heavy atom. The van der Waals surface area contributed by atoms with Crippen molar-refractivity contribution in [2.75, 3.05) is 20.6 Å². The molecule has 0 radical (unpaired) electrons. The predicted octanol–water partition coefficient (Wildman–Crippen LogP) is 2.20. The zero-order valence-electron chi connectivity index (χ0n) is 11.9. The minimum atomic E-state index is 0.0739. The summed E-state index contributed by atoms with van der Waals surface area (Å²) in [6.07, 6.45) is 0.873. The third-order valence-corrected chi connectivity index (χ3v) is 3.17. The average molecular weight is 248 g/mol. The number of hydrogen-bond donors (Lipinski definition) is 1. The summed E-state index contributed by atoms with van der Waals surface area (Å²) >= 11 is 0. The number of carbonyl (C=O) groups is 1. The fraction of sp³-hybridized carbons (Fsp3) is 0.533. The number of nitrogens with one attached hydrogen (secondary N) is 1. The van der Waals surface area contributed by atoms with E-state index in [0.29, 0.717) is 6.54 Å². The minimum Gasteiger partial charge on any atom is -0.341 e. The summed E-state index contributed by atoms with van der Waals surface area (Å²) in [6.45, 7) is 5.55. The van der Waals surface area contributed by atoms with Gasteiger partial charge in [-0.2, -0.15) is 0 Å². The summed E-state index contributed by atoms with van der Waals surface area (Å²) in [6, 6.07) is 8.30. The van der Waals surface area contributed by atoms with Crippen molar-refractivity contribution in [3.05, 3.63) is 35.4 Å². The molecule has 1 aromatic carbocycles. The minimum absolute atomic E-state index is 0.0739. The lowest BCUT2D eigenvalue weighted by molar-refractivity contribution is -0.134. The van der Waals surface area contributed by atoms with Crippen LogP contribution in [0.3, 0.4) is 0 Å². The van der Waals surface area contributed by atoms with Crippen LogP contribution in [0.1, 0.15) is 24.5 Å². The van der Waals surface area contributed by atoms with Crippen molar-refractivity contribution in [1.29, 1.82) is 0 Å². The molecule has 0 fully saturated rings. The molecule has 1 atom stereocenters. The highest BCUT2D eigenvalue weighted by molar-refractivity contribution is 5.78. The number of rotatable bonds is 6. The first-order chi connectivity index (χ1) is 8.58. The molecule has 1 unspecified atom stereocenters. The van der Waals surface area contributed by atoms with Gasteiger partial charge in [-0.15, -0.1) is 0 Å². The second-order valence-corrected chi connectivity index (χ2v) is 4.85. The van der Waals surface area contributed by atoms with E-state index in [1.165, 1.54) is 11.1 Å². The summed E-state index contributed by atoms with van der Waals surface area (Å²) in [7, 11) is 3.76. The van der Waals surface area contributed by atoms with Crippen molar-refractivity contribution < 1.29 is 4.79 Å². The van der Waals surface area contributed by atoms with Crippen LogP contribution in [-0.2, 0) is 11.3 Å². The molecule has 0 aliphatic carbocycles. The number of nitrogens with zero attached hydrogens (tertiary/aromatic N) is 1. The second kappa shape index (κ2) is 7.17. The highest BCUT2D eigenvalue weighted by atomic mass is 16.2. The lowest BCUT2D eigenvalue weighted by Gasteiger charge is -2.23. The third-order valence-electron chi connectivity index (χ3n) is 3.17. The van der Waals surface area contributed by atoms with Gasteiger partial charge in [-0.3, -0.25) is 4.79 Å². The molecule has 1 rings (SSSR count). The second-order valence-electron chi connectivity index (χ2n) is 4.85. The molecule has 3 nitrogen and oxygen atoms in total. The number of benzene rings is 1. The first-order valence-corrected chi connectivity index (χ1v) is 6.53. The molecule has 0 saturated heterocycles. The van der Waals surface area contributed by atoms with Gasteiger partial charge in [0.15, 0.2) is 0 Å². The van der Waals surface area contributed by atoms with Crippen LogP contribution in [-0.4, -0.2) is 31.4 Å². The van der Waals surface area contributed by atoms with Crippen molar-refractivity contribution in [3.63, 3.8) is 0 Å². The van der Waals surface area contributed by atoms with Crippen LogP contribution in [0.25, 0.3) is 0 Å². The van der Waals surface area contributed by atoms with E-state index in [1.54, 1.807) is 0 Å². The van der Waals surface area contributed by atoms with Crippen LogP contribution in [0.15, 0.2) is 24.3 Å². The largest absolute Gasteiger partial charge is 0.341 e. The van der Waals surface area contributed by atoms with E-state index in [4.69, 9.17) is 0 Å². The molecular weight excluding hydrogens is 224 g/mol. The van der Waals surface area contributed by atoms with E-state index in [1.807, 2.05) is 25.1 Å². The van der Waals surface area contributed by atoms with Crippen LogP contribution < -0.4 is 5.32 Å². The van der Waals surface area contributed by atoms with Gasteiger partial charge in [0.25, 0.3) is 0 Å². The lowest BCUT2D eigenvalue weighted by Crippen LogP contribution is -2.36. The Hall–Kier alpha value is -1.35. The average Bonchev–Trinajstić information content (AvgIpc) is 2.35. The molecule has 0 spiro atoms. The van der Waals surface area contributed by atoms with Crippen molar-refractivity contribution >= 4 is 5.91 Å². The number of amides is 1. The standard InChI is InChI=1S/C15H24N2O/c1-5-14(10-16-3)15(18)17(4)11-13-8-6-7-12(2)9-13/h6-9,14,16H,5,10-11H2,1-4H3. The zero-order valence-corrected chi connectivity index (χ0v) is 11.9. The van der Waals surface area contributed by atoms with E-state index in [2.05, 4.69) is 37.4 Å². The summed E-state index contributed by atoms with van der Waals surface area (Å²) in [4.78, 5) is 14.1. The van der Waals surface area contributed by atoms with Crippen LogP contribution >= 0.6 is 0 Å². The molecule has 1 aromatic rings. The first-order valence-electron chi connectivity index (χ1n) is 6.53. The molecule has 1 amide bonds. The Bertz CT molecular complexity index is 390. The van der Waals surface area contributed by atoms with Gasteiger partial charge < -0.3 is 10.2 Å². The molecular formula is C15H24N2O. The van der Waals surface area contributed by atoms with E-state index in [-0.39, 0.29) is 11.8 Å². The van der Waals surface area contributed by atoms with Crippen molar-refractivity contribution in [2.24, 2.45) is 5.92 Å². The highest BCUT2D eigenvalue weighted by Gasteiger charge is 2.19. The molecule has 0 bridgehead atoms. The highest BCUT2D eigenvalue weighted by Crippen LogP contribution is 2.11. The monoisotopic (exact) mass is 248 g/mol.